The summed E-state index contributed by atoms with van der Waals surface area (Å²) in [7, 11) is -7.06. The summed E-state index contributed by atoms with van der Waals surface area (Å²) in [6.45, 7) is 2.61. The summed E-state index contributed by atoms with van der Waals surface area (Å²) >= 11 is 0. The SMILES string of the molecule is C[C@@H](C(=O)Nc1ccc(S(=O)(=O)N2CCCC2)cc1)C(c1ccccc1)S(C)(=O)=O. The third-order valence-electron chi connectivity index (χ3n) is 5.28. The standard InChI is InChI=1S/C21H26N2O5S2/c1-16(20(29(2,25)26)17-8-4-3-5-9-17)21(24)22-18-10-12-19(13-11-18)30(27,28)23-14-6-7-15-23/h3-5,8-13,16,20H,6-7,14-15H2,1-2H3,(H,22,24)/t16-,20?/m1/s1. The smallest absolute Gasteiger partial charge is 0.243 e. The van der Waals surface area contributed by atoms with Crippen LogP contribution in [0.4, 0.5) is 5.69 Å². The summed E-state index contributed by atoms with van der Waals surface area (Å²) in [6.07, 6.45) is 2.83. The number of carbonyl (C=O) groups excluding carboxylic acids is 1. The van der Waals surface area contributed by atoms with Gasteiger partial charge < -0.3 is 5.32 Å². The first-order chi connectivity index (χ1) is 14.1. The van der Waals surface area contributed by atoms with Crippen molar-refractivity contribution in [1.29, 1.82) is 0 Å². The minimum atomic E-state index is -3.54. The van der Waals surface area contributed by atoms with Crippen LogP contribution in [0.5, 0.6) is 0 Å². The van der Waals surface area contributed by atoms with Gasteiger partial charge in [-0.15, -0.1) is 0 Å². The van der Waals surface area contributed by atoms with Crippen LogP contribution in [0.2, 0.25) is 0 Å². The van der Waals surface area contributed by atoms with Crippen LogP contribution in [-0.4, -0.2) is 46.4 Å². The van der Waals surface area contributed by atoms with Gasteiger partial charge in [-0.1, -0.05) is 37.3 Å². The van der Waals surface area contributed by atoms with E-state index in [-0.39, 0.29) is 4.90 Å². The molecule has 0 radical (unpaired) electrons. The number of nitrogens with zero attached hydrogens (tertiary/aromatic N) is 1. The van der Waals surface area contributed by atoms with Gasteiger partial charge in [0.2, 0.25) is 15.9 Å². The lowest BCUT2D eigenvalue weighted by molar-refractivity contribution is -0.119. The number of rotatable bonds is 7. The summed E-state index contributed by atoms with van der Waals surface area (Å²) in [4.78, 5) is 12.9. The Balaban J connectivity index is 1.76. The van der Waals surface area contributed by atoms with E-state index >= 15 is 0 Å². The molecule has 1 amide bonds. The van der Waals surface area contributed by atoms with Gasteiger partial charge in [0.15, 0.2) is 9.84 Å². The van der Waals surface area contributed by atoms with Crippen LogP contribution < -0.4 is 5.32 Å². The molecule has 0 saturated carbocycles. The van der Waals surface area contributed by atoms with Crippen molar-refractivity contribution < 1.29 is 21.6 Å². The Morgan fingerprint density at radius 2 is 1.50 bits per heavy atom. The molecule has 1 saturated heterocycles. The van der Waals surface area contributed by atoms with E-state index in [1.54, 1.807) is 37.3 Å². The molecule has 1 fully saturated rings. The predicted octanol–water partition coefficient (Wildman–Crippen LogP) is 2.83. The Hall–Kier alpha value is -2.23. The van der Waals surface area contributed by atoms with Crippen molar-refractivity contribution in [2.45, 2.75) is 29.9 Å². The number of sulfonamides is 1. The van der Waals surface area contributed by atoms with Crippen molar-refractivity contribution in [2.24, 2.45) is 5.92 Å². The average Bonchev–Trinajstić information content (AvgIpc) is 3.24. The lowest BCUT2D eigenvalue weighted by Gasteiger charge is -2.22. The highest BCUT2D eigenvalue weighted by Crippen LogP contribution is 2.31. The van der Waals surface area contributed by atoms with Gasteiger partial charge in [0, 0.05) is 25.0 Å². The number of sulfone groups is 1. The molecule has 0 spiro atoms. The van der Waals surface area contributed by atoms with Gasteiger partial charge in [-0.3, -0.25) is 4.79 Å². The summed E-state index contributed by atoms with van der Waals surface area (Å²) in [5, 5.41) is 1.72. The van der Waals surface area contributed by atoms with Crippen molar-refractivity contribution >= 4 is 31.5 Å². The minimum Gasteiger partial charge on any atom is -0.326 e. The molecule has 3 rings (SSSR count). The van der Waals surface area contributed by atoms with E-state index in [9.17, 15) is 21.6 Å². The first kappa shape index (κ1) is 22.5. The molecular formula is C21H26N2O5S2. The van der Waals surface area contributed by atoms with Crippen molar-refractivity contribution in [2.75, 3.05) is 24.7 Å². The van der Waals surface area contributed by atoms with Crippen LogP contribution in [0.25, 0.3) is 0 Å². The van der Waals surface area contributed by atoms with Crippen molar-refractivity contribution in [3.05, 3.63) is 60.2 Å². The number of benzene rings is 2. The summed E-state index contributed by atoms with van der Waals surface area (Å²) in [6, 6.07) is 14.6. The van der Waals surface area contributed by atoms with Gasteiger partial charge >= 0.3 is 0 Å². The Kier molecular flexibility index (Phi) is 6.64. The van der Waals surface area contributed by atoms with Crippen molar-refractivity contribution in [3.8, 4) is 0 Å². The molecule has 0 aromatic heterocycles. The van der Waals surface area contributed by atoms with E-state index in [0.717, 1.165) is 19.1 Å². The van der Waals surface area contributed by atoms with E-state index in [1.807, 2.05) is 0 Å². The summed E-state index contributed by atoms with van der Waals surface area (Å²) in [5.41, 5.74) is 0.960. The Morgan fingerprint density at radius 3 is 2.03 bits per heavy atom. The highest BCUT2D eigenvalue weighted by molar-refractivity contribution is 7.91. The van der Waals surface area contributed by atoms with Gasteiger partial charge in [-0.2, -0.15) is 4.31 Å². The maximum atomic E-state index is 12.8. The molecule has 0 bridgehead atoms. The molecule has 1 aliphatic heterocycles. The number of anilines is 1. The highest BCUT2D eigenvalue weighted by Gasteiger charge is 2.33. The van der Waals surface area contributed by atoms with E-state index in [1.165, 1.54) is 28.6 Å². The molecule has 1 unspecified atom stereocenters. The molecule has 0 aliphatic carbocycles. The maximum Gasteiger partial charge on any atom is 0.243 e. The third kappa shape index (κ3) is 4.91. The van der Waals surface area contributed by atoms with E-state index in [4.69, 9.17) is 0 Å². The van der Waals surface area contributed by atoms with Crippen molar-refractivity contribution in [1.82, 2.24) is 4.31 Å². The van der Waals surface area contributed by atoms with Gasteiger partial charge in [-0.05, 0) is 42.7 Å². The van der Waals surface area contributed by atoms with E-state index in [0.29, 0.717) is 24.3 Å². The Morgan fingerprint density at radius 1 is 0.933 bits per heavy atom. The molecule has 162 valence electrons. The molecule has 1 heterocycles. The molecule has 1 aliphatic rings. The van der Waals surface area contributed by atoms with Crippen LogP contribution in [0, 0.1) is 5.92 Å². The van der Waals surface area contributed by atoms with E-state index in [2.05, 4.69) is 5.32 Å². The zero-order chi connectivity index (χ0) is 21.9. The minimum absolute atomic E-state index is 0.175. The predicted molar refractivity (Wildman–Crippen MR) is 116 cm³/mol. The monoisotopic (exact) mass is 450 g/mol. The van der Waals surface area contributed by atoms with Crippen LogP contribution in [-0.2, 0) is 24.7 Å². The maximum absolute atomic E-state index is 12.8. The van der Waals surface area contributed by atoms with Gasteiger partial charge in [0.1, 0.15) is 0 Å². The zero-order valence-corrected chi connectivity index (χ0v) is 18.6. The quantitative estimate of drug-likeness (QED) is 0.699. The third-order valence-corrected chi connectivity index (χ3v) is 8.80. The lowest BCUT2D eigenvalue weighted by atomic mass is 9.99. The second-order valence-corrected chi connectivity index (χ2v) is 11.7. The topological polar surface area (TPSA) is 101 Å². The fourth-order valence-corrected chi connectivity index (χ4v) is 6.76. The fraction of sp³-hybridized carbons (Fsp3) is 0.381. The Bertz CT molecular complexity index is 1090. The number of carbonyl (C=O) groups is 1. The molecule has 9 heteroatoms. The van der Waals surface area contributed by atoms with Gasteiger partial charge in [0.25, 0.3) is 0 Å². The molecular weight excluding hydrogens is 424 g/mol. The first-order valence-corrected chi connectivity index (χ1v) is 13.1. The van der Waals surface area contributed by atoms with Crippen LogP contribution in [0.3, 0.4) is 0 Å². The largest absolute Gasteiger partial charge is 0.326 e. The fourth-order valence-electron chi connectivity index (χ4n) is 3.73. The average molecular weight is 451 g/mol. The number of amides is 1. The second-order valence-electron chi connectivity index (χ2n) is 7.57. The second kappa shape index (κ2) is 8.87. The molecule has 7 nitrogen and oxygen atoms in total. The van der Waals surface area contributed by atoms with Gasteiger partial charge in [0.05, 0.1) is 16.1 Å². The van der Waals surface area contributed by atoms with Crippen LogP contribution >= 0.6 is 0 Å². The molecule has 30 heavy (non-hydrogen) atoms. The number of hydrogen-bond donors (Lipinski definition) is 1. The molecule has 1 N–H and O–H groups in total. The summed E-state index contributed by atoms with van der Waals surface area (Å²) in [5.74, 6) is -1.29. The lowest BCUT2D eigenvalue weighted by Crippen LogP contribution is -2.30. The number of hydrogen-bond acceptors (Lipinski definition) is 5. The van der Waals surface area contributed by atoms with E-state index < -0.39 is 36.9 Å². The normalized spacial score (nSPS) is 17.4. The Labute approximate surface area is 178 Å². The van der Waals surface area contributed by atoms with Crippen molar-refractivity contribution in [3.63, 3.8) is 0 Å². The van der Waals surface area contributed by atoms with Crippen LogP contribution in [0.1, 0.15) is 30.6 Å². The molecule has 2 aromatic rings. The highest BCUT2D eigenvalue weighted by atomic mass is 32.2. The molecule has 2 atom stereocenters. The first-order valence-electron chi connectivity index (χ1n) is 9.75. The zero-order valence-electron chi connectivity index (χ0n) is 17.0. The van der Waals surface area contributed by atoms with Gasteiger partial charge in [-0.25, -0.2) is 16.8 Å². The van der Waals surface area contributed by atoms with Crippen LogP contribution in [0.15, 0.2) is 59.5 Å². The molecule has 2 aromatic carbocycles. The summed E-state index contributed by atoms with van der Waals surface area (Å²) < 4.78 is 51.4. The number of nitrogens with one attached hydrogen (secondary N) is 1.